The van der Waals surface area contributed by atoms with Gasteiger partial charge in [0.2, 0.25) is 0 Å². The van der Waals surface area contributed by atoms with Gasteiger partial charge < -0.3 is 0 Å². The topological polar surface area (TPSA) is 47.0 Å². The van der Waals surface area contributed by atoms with E-state index < -0.39 is 9.84 Å². The van der Waals surface area contributed by atoms with Crippen molar-refractivity contribution in [2.75, 3.05) is 11.5 Å². The van der Waals surface area contributed by atoms with E-state index >= 15 is 0 Å². The largest absolute Gasteiger partial charge is 0.248 e. The average Bonchev–Trinajstić information content (AvgIpc) is 2.41. The van der Waals surface area contributed by atoms with Gasteiger partial charge in [0.15, 0.2) is 9.84 Å². The van der Waals surface area contributed by atoms with Crippen molar-refractivity contribution in [3.05, 3.63) is 52.1 Å². The SMILES string of the molecule is O=S(=O)(CCSc1ncccc1Cl)c1ccc(Br)cc1. The minimum Gasteiger partial charge on any atom is -0.248 e. The van der Waals surface area contributed by atoms with Gasteiger partial charge >= 0.3 is 0 Å². The van der Waals surface area contributed by atoms with Gasteiger partial charge in [0.25, 0.3) is 0 Å². The van der Waals surface area contributed by atoms with Gasteiger partial charge in [-0.15, -0.1) is 11.8 Å². The summed E-state index contributed by atoms with van der Waals surface area (Å²) in [7, 11) is -3.27. The van der Waals surface area contributed by atoms with E-state index in [1.807, 2.05) is 0 Å². The van der Waals surface area contributed by atoms with E-state index in [1.54, 1.807) is 42.6 Å². The van der Waals surface area contributed by atoms with Crippen molar-refractivity contribution in [2.24, 2.45) is 0 Å². The fourth-order valence-electron chi connectivity index (χ4n) is 1.49. The molecule has 0 unspecified atom stereocenters. The molecule has 0 atom stereocenters. The highest BCUT2D eigenvalue weighted by Gasteiger charge is 2.14. The molecule has 0 saturated heterocycles. The minimum absolute atomic E-state index is 0.0478. The van der Waals surface area contributed by atoms with Gasteiger partial charge in [-0.1, -0.05) is 27.5 Å². The summed E-state index contributed by atoms with van der Waals surface area (Å²) in [6.45, 7) is 0. The Hall–Kier alpha value is -0.560. The fraction of sp³-hybridized carbons (Fsp3) is 0.154. The summed E-state index contributed by atoms with van der Waals surface area (Å²) >= 11 is 10.6. The second kappa shape index (κ2) is 6.93. The Morgan fingerprint density at radius 1 is 1.20 bits per heavy atom. The maximum atomic E-state index is 12.1. The van der Waals surface area contributed by atoms with Crippen LogP contribution >= 0.6 is 39.3 Å². The Balaban J connectivity index is 2.00. The molecule has 1 aromatic carbocycles. The maximum absolute atomic E-state index is 12.1. The van der Waals surface area contributed by atoms with Crippen molar-refractivity contribution in [3.8, 4) is 0 Å². The van der Waals surface area contributed by atoms with Gasteiger partial charge in [-0.25, -0.2) is 13.4 Å². The predicted octanol–water partition coefficient (Wildman–Crippen LogP) is 4.06. The normalized spacial score (nSPS) is 11.5. The van der Waals surface area contributed by atoms with E-state index in [4.69, 9.17) is 11.6 Å². The first-order valence-corrected chi connectivity index (χ1v) is 9.51. The second-order valence-corrected chi connectivity index (χ2v) is 8.43. The van der Waals surface area contributed by atoms with E-state index in [9.17, 15) is 8.42 Å². The number of benzene rings is 1. The number of thioether (sulfide) groups is 1. The maximum Gasteiger partial charge on any atom is 0.179 e. The van der Waals surface area contributed by atoms with Gasteiger partial charge in [0.1, 0.15) is 5.03 Å². The zero-order valence-electron chi connectivity index (χ0n) is 10.3. The Kier molecular flexibility index (Phi) is 5.49. The summed E-state index contributed by atoms with van der Waals surface area (Å²) in [5, 5.41) is 1.19. The molecular weight excluding hydrogens is 382 g/mol. The van der Waals surface area contributed by atoms with Crippen LogP contribution in [0.2, 0.25) is 5.02 Å². The van der Waals surface area contributed by atoms with Crippen LogP contribution in [0.5, 0.6) is 0 Å². The highest BCUT2D eigenvalue weighted by atomic mass is 79.9. The van der Waals surface area contributed by atoms with Crippen molar-refractivity contribution in [1.29, 1.82) is 0 Å². The van der Waals surface area contributed by atoms with Gasteiger partial charge in [0.05, 0.1) is 15.7 Å². The highest BCUT2D eigenvalue weighted by Crippen LogP contribution is 2.25. The zero-order valence-corrected chi connectivity index (χ0v) is 14.3. The van der Waals surface area contributed by atoms with Crippen molar-refractivity contribution in [1.82, 2.24) is 4.98 Å². The lowest BCUT2D eigenvalue weighted by molar-refractivity contribution is 0.597. The molecule has 106 valence electrons. The molecule has 0 aliphatic rings. The Morgan fingerprint density at radius 3 is 2.55 bits per heavy atom. The van der Waals surface area contributed by atoms with Crippen LogP contribution in [-0.4, -0.2) is 24.9 Å². The number of nitrogens with zero attached hydrogens (tertiary/aromatic N) is 1. The average molecular weight is 393 g/mol. The summed E-state index contributed by atoms with van der Waals surface area (Å²) in [5.74, 6) is 0.460. The molecule has 7 heteroatoms. The second-order valence-electron chi connectivity index (χ2n) is 3.91. The number of rotatable bonds is 5. The summed E-state index contributed by atoms with van der Waals surface area (Å²) in [4.78, 5) is 4.44. The fourth-order valence-corrected chi connectivity index (χ4v) is 4.57. The molecule has 1 heterocycles. The lowest BCUT2D eigenvalue weighted by Crippen LogP contribution is -2.08. The van der Waals surface area contributed by atoms with Crippen molar-refractivity contribution in [3.63, 3.8) is 0 Å². The van der Waals surface area contributed by atoms with Gasteiger partial charge in [-0.05, 0) is 36.4 Å². The Labute approximate surface area is 135 Å². The first kappa shape index (κ1) is 15.8. The lowest BCUT2D eigenvalue weighted by atomic mass is 10.4. The monoisotopic (exact) mass is 391 g/mol. The molecule has 1 aromatic heterocycles. The number of aromatic nitrogens is 1. The molecule has 0 aliphatic heterocycles. The van der Waals surface area contributed by atoms with Crippen molar-refractivity contribution >= 4 is 49.1 Å². The van der Waals surface area contributed by atoms with Crippen molar-refractivity contribution < 1.29 is 8.42 Å². The number of hydrogen-bond acceptors (Lipinski definition) is 4. The molecule has 0 radical (unpaired) electrons. The zero-order chi connectivity index (χ0) is 14.6. The van der Waals surface area contributed by atoms with E-state index in [2.05, 4.69) is 20.9 Å². The summed E-state index contributed by atoms with van der Waals surface area (Å²) in [6, 6.07) is 10.1. The van der Waals surface area contributed by atoms with Crippen LogP contribution in [0.4, 0.5) is 0 Å². The predicted molar refractivity (Wildman–Crippen MR) is 86.2 cm³/mol. The van der Waals surface area contributed by atoms with Crippen LogP contribution in [-0.2, 0) is 9.84 Å². The Morgan fingerprint density at radius 2 is 1.90 bits per heavy atom. The number of hydrogen-bond donors (Lipinski definition) is 0. The third-order valence-corrected chi connectivity index (χ3v) is 6.43. The number of pyridine rings is 1. The summed E-state index contributed by atoms with van der Waals surface area (Å²) < 4.78 is 25.1. The lowest BCUT2D eigenvalue weighted by Gasteiger charge is -2.05. The Bertz CT molecular complexity index is 690. The molecule has 0 bridgehead atoms. The minimum atomic E-state index is -3.27. The van der Waals surface area contributed by atoms with Crippen LogP contribution in [0.15, 0.2) is 57.0 Å². The molecule has 2 rings (SSSR count). The number of sulfone groups is 1. The van der Waals surface area contributed by atoms with E-state index in [1.165, 1.54) is 11.8 Å². The van der Waals surface area contributed by atoms with Crippen LogP contribution < -0.4 is 0 Å². The summed E-state index contributed by atoms with van der Waals surface area (Å²) in [6.07, 6.45) is 1.64. The van der Waals surface area contributed by atoms with E-state index in [-0.39, 0.29) is 5.75 Å². The molecule has 0 aliphatic carbocycles. The molecular formula is C13H11BrClNO2S2. The molecule has 3 nitrogen and oxygen atoms in total. The van der Waals surface area contributed by atoms with E-state index in [0.717, 1.165) is 4.47 Å². The third-order valence-electron chi connectivity index (χ3n) is 2.49. The van der Waals surface area contributed by atoms with Gasteiger partial charge in [-0.3, -0.25) is 0 Å². The molecule has 0 spiro atoms. The molecule has 2 aromatic rings. The molecule has 0 N–H and O–H groups in total. The quantitative estimate of drug-likeness (QED) is 0.720. The first-order chi connectivity index (χ1) is 9.49. The standard InChI is InChI=1S/C13H11BrClNO2S2/c14-10-3-5-11(6-4-10)20(17,18)9-8-19-13-12(15)2-1-7-16-13/h1-7H,8-9H2. The highest BCUT2D eigenvalue weighted by molar-refractivity contribution is 9.10. The number of halogens is 2. The van der Waals surface area contributed by atoms with E-state index in [0.29, 0.717) is 20.7 Å². The molecule has 0 fully saturated rings. The smallest absolute Gasteiger partial charge is 0.179 e. The third kappa shape index (κ3) is 4.22. The van der Waals surface area contributed by atoms with Gasteiger partial charge in [0, 0.05) is 16.4 Å². The first-order valence-electron chi connectivity index (χ1n) is 5.71. The summed E-state index contributed by atoms with van der Waals surface area (Å²) in [5.41, 5.74) is 0. The van der Waals surface area contributed by atoms with Gasteiger partial charge in [-0.2, -0.15) is 0 Å². The van der Waals surface area contributed by atoms with Crippen LogP contribution in [0, 0.1) is 0 Å². The van der Waals surface area contributed by atoms with Crippen LogP contribution in [0.25, 0.3) is 0 Å². The molecule has 0 saturated carbocycles. The molecule has 0 amide bonds. The molecule has 20 heavy (non-hydrogen) atoms. The van der Waals surface area contributed by atoms with Crippen LogP contribution in [0.3, 0.4) is 0 Å². The van der Waals surface area contributed by atoms with Crippen molar-refractivity contribution in [2.45, 2.75) is 9.92 Å². The van der Waals surface area contributed by atoms with Crippen LogP contribution in [0.1, 0.15) is 0 Å².